The number of carbonyl (C=O) groups excluding carboxylic acids is 2. The molecule has 0 heterocycles. The van der Waals surface area contributed by atoms with Crippen LogP contribution in [-0.2, 0) is 22.6 Å². The highest BCUT2D eigenvalue weighted by Gasteiger charge is 2.07. The molecule has 0 saturated carbocycles. The van der Waals surface area contributed by atoms with E-state index in [-0.39, 0.29) is 30.6 Å². The Kier molecular flexibility index (Phi) is 6.31. The fourth-order valence-electron chi connectivity index (χ4n) is 2.04. The first-order chi connectivity index (χ1) is 11.6. The second kappa shape index (κ2) is 8.67. The molecule has 2 aromatic rings. The van der Waals surface area contributed by atoms with Crippen molar-refractivity contribution in [2.45, 2.75) is 13.0 Å². The molecule has 0 radical (unpaired) electrons. The molecule has 0 fully saturated rings. The molecular formula is C18H19FN2O3. The molecule has 126 valence electrons. The van der Waals surface area contributed by atoms with E-state index in [1.54, 1.807) is 19.2 Å². The Hall–Kier alpha value is -2.89. The third-order valence-electron chi connectivity index (χ3n) is 3.37. The zero-order valence-electron chi connectivity index (χ0n) is 13.3. The maximum absolute atomic E-state index is 12.8. The minimum atomic E-state index is -0.350. The summed E-state index contributed by atoms with van der Waals surface area (Å²) in [6, 6.07) is 13.0. The third-order valence-corrected chi connectivity index (χ3v) is 3.37. The maximum Gasteiger partial charge on any atom is 0.239 e. The minimum Gasteiger partial charge on any atom is -0.497 e. The summed E-state index contributed by atoms with van der Waals surface area (Å²) >= 11 is 0. The first kappa shape index (κ1) is 17.5. The van der Waals surface area contributed by atoms with Crippen molar-refractivity contribution < 1.29 is 18.7 Å². The number of nitrogens with one attached hydrogen (secondary N) is 2. The van der Waals surface area contributed by atoms with Gasteiger partial charge >= 0.3 is 0 Å². The number of hydrogen-bond donors (Lipinski definition) is 2. The highest BCUT2D eigenvalue weighted by atomic mass is 19.1. The van der Waals surface area contributed by atoms with Crippen LogP contribution in [-0.4, -0.2) is 25.5 Å². The molecule has 0 spiro atoms. The first-order valence-corrected chi connectivity index (χ1v) is 7.47. The van der Waals surface area contributed by atoms with E-state index in [9.17, 15) is 14.0 Å². The number of hydrogen-bond acceptors (Lipinski definition) is 3. The number of benzene rings is 2. The third kappa shape index (κ3) is 5.72. The standard InChI is InChI=1S/C18H19FN2O3/c1-24-16-8-4-14(5-9-16)11-20-18(23)12-21-17(22)10-13-2-6-15(19)7-3-13/h2-9H,10-12H2,1H3,(H,20,23)(H,21,22). The van der Waals surface area contributed by atoms with Gasteiger partial charge in [-0.2, -0.15) is 0 Å². The summed E-state index contributed by atoms with van der Waals surface area (Å²) in [5.74, 6) is -0.172. The van der Waals surface area contributed by atoms with Gasteiger partial charge in [-0.1, -0.05) is 24.3 Å². The van der Waals surface area contributed by atoms with Crippen LogP contribution in [0.5, 0.6) is 5.75 Å². The first-order valence-electron chi connectivity index (χ1n) is 7.47. The number of ether oxygens (including phenoxy) is 1. The van der Waals surface area contributed by atoms with Crippen molar-refractivity contribution in [3.63, 3.8) is 0 Å². The lowest BCUT2D eigenvalue weighted by Crippen LogP contribution is -2.37. The van der Waals surface area contributed by atoms with E-state index >= 15 is 0 Å². The number of methoxy groups -OCH3 is 1. The van der Waals surface area contributed by atoms with Crippen LogP contribution in [0.3, 0.4) is 0 Å². The zero-order chi connectivity index (χ0) is 17.4. The van der Waals surface area contributed by atoms with Crippen LogP contribution in [0.25, 0.3) is 0 Å². The topological polar surface area (TPSA) is 67.4 Å². The van der Waals surface area contributed by atoms with Crippen LogP contribution < -0.4 is 15.4 Å². The summed E-state index contributed by atoms with van der Waals surface area (Å²) in [4.78, 5) is 23.5. The van der Waals surface area contributed by atoms with E-state index in [0.29, 0.717) is 12.1 Å². The van der Waals surface area contributed by atoms with Gasteiger partial charge in [-0.25, -0.2) is 4.39 Å². The average Bonchev–Trinajstić information content (AvgIpc) is 2.60. The van der Waals surface area contributed by atoms with Crippen LogP contribution in [0.4, 0.5) is 4.39 Å². The monoisotopic (exact) mass is 330 g/mol. The molecule has 0 unspecified atom stereocenters. The maximum atomic E-state index is 12.8. The molecule has 0 bridgehead atoms. The summed E-state index contributed by atoms with van der Waals surface area (Å²) in [6.07, 6.45) is 0.103. The largest absolute Gasteiger partial charge is 0.497 e. The molecule has 5 nitrogen and oxygen atoms in total. The fraction of sp³-hybridized carbons (Fsp3) is 0.222. The van der Waals surface area contributed by atoms with Crippen LogP contribution in [0.2, 0.25) is 0 Å². The van der Waals surface area contributed by atoms with Crippen LogP contribution in [0.1, 0.15) is 11.1 Å². The summed E-state index contributed by atoms with van der Waals surface area (Å²) in [6.45, 7) is 0.271. The predicted octanol–water partition coefficient (Wildman–Crippen LogP) is 1.81. The highest BCUT2D eigenvalue weighted by Crippen LogP contribution is 2.10. The van der Waals surface area contributed by atoms with Gasteiger partial charge in [0.05, 0.1) is 20.1 Å². The molecule has 24 heavy (non-hydrogen) atoms. The Morgan fingerprint density at radius 1 is 0.917 bits per heavy atom. The number of rotatable bonds is 7. The van der Waals surface area contributed by atoms with Crippen molar-refractivity contribution in [2.75, 3.05) is 13.7 Å². The molecule has 2 N–H and O–H groups in total. The zero-order valence-corrected chi connectivity index (χ0v) is 13.3. The van der Waals surface area contributed by atoms with Crippen molar-refractivity contribution in [3.05, 3.63) is 65.5 Å². The Morgan fingerprint density at radius 3 is 2.17 bits per heavy atom. The van der Waals surface area contributed by atoms with Gasteiger partial charge in [-0.05, 0) is 35.4 Å². The number of amides is 2. The summed E-state index contributed by atoms with van der Waals surface area (Å²) in [7, 11) is 1.59. The quantitative estimate of drug-likeness (QED) is 0.814. The Bertz CT molecular complexity index is 684. The lowest BCUT2D eigenvalue weighted by atomic mass is 10.1. The summed E-state index contributed by atoms with van der Waals surface area (Å²) in [5, 5.41) is 5.25. The van der Waals surface area contributed by atoms with Crippen molar-refractivity contribution in [1.29, 1.82) is 0 Å². The lowest BCUT2D eigenvalue weighted by Gasteiger charge is -2.08. The van der Waals surface area contributed by atoms with Crippen LogP contribution >= 0.6 is 0 Å². The van der Waals surface area contributed by atoms with Crippen molar-refractivity contribution in [1.82, 2.24) is 10.6 Å². The molecule has 2 amide bonds. The van der Waals surface area contributed by atoms with Crippen LogP contribution in [0.15, 0.2) is 48.5 Å². The molecule has 0 aromatic heterocycles. The predicted molar refractivity (Wildman–Crippen MR) is 88.0 cm³/mol. The van der Waals surface area contributed by atoms with E-state index in [2.05, 4.69) is 10.6 Å². The fourth-order valence-corrected chi connectivity index (χ4v) is 2.04. The molecule has 0 aliphatic carbocycles. The Balaban J connectivity index is 1.70. The van der Waals surface area contributed by atoms with Gasteiger partial charge in [-0.15, -0.1) is 0 Å². The second-order valence-electron chi connectivity index (χ2n) is 5.20. The number of carbonyl (C=O) groups is 2. The summed E-state index contributed by atoms with van der Waals surface area (Å²) in [5.41, 5.74) is 1.62. The van der Waals surface area contributed by atoms with Gasteiger partial charge in [0.1, 0.15) is 11.6 Å². The van der Waals surface area contributed by atoms with Gasteiger partial charge in [0.25, 0.3) is 0 Å². The highest BCUT2D eigenvalue weighted by molar-refractivity contribution is 5.85. The van der Waals surface area contributed by atoms with Gasteiger partial charge in [0.15, 0.2) is 0 Å². The lowest BCUT2D eigenvalue weighted by molar-refractivity contribution is -0.125. The van der Waals surface area contributed by atoms with Crippen molar-refractivity contribution in [2.24, 2.45) is 0 Å². The minimum absolute atomic E-state index is 0.101. The Morgan fingerprint density at radius 2 is 1.54 bits per heavy atom. The summed E-state index contributed by atoms with van der Waals surface area (Å²) < 4.78 is 17.8. The normalized spacial score (nSPS) is 10.1. The van der Waals surface area contributed by atoms with E-state index in [1.165, 1.54) is 12.1 Å². The van der Waals surface area contributed by atoms with Gasteiger partial charge in [-0.3, -0.25) is 9.59 Å². The Labute approximate surface area is 139 Å². The SMILES string of the molecule is COc1ccc(CNC(=O)CNC(=O)Cc2ccc(F)cc2)cc1. The smallest absolute Gasteiger partial charge is 0.239 e. The van der Waals surface area contributed by atoms with E-state index in [0.717, 1.165) is 11.3 Å². The molecule has 0 aliphatic rings. The molecule has 2 aromatic carbocycles. The van der Waals surface area contributed by atoms with E-state index in [4.69, 9.17) is 4.74 Å². The van der Waals surface area contributed by atoms with Gasteiger partial charge < -0.3 is 15.4 Å². The molecule has 0 atom stereocenters. The second-order valence-corrected chi connectivity index (χ2v) is 5.20. The number of halogens is 1. The molecular weight excluding hydrogens is 311 g/mol. The molecule has 2 rings (SSSR count). The average molecular weight is 330 g/mol. The van der Waals surface area contributed by atoms with Crippen molar-refractivity contribution in [3.8, 4) is 5.75 Å². The van der Waals surface area contributed by atoms with Crippen LogP contribution in [0, 0.1) is 5.82 Å². The van der Waals surface area contributed by atoms with E-state index in [1.807, 2.05) is 24.3 Å². The molecule has 0 saturated heterocycles. The van der Waals surface area contributed by atoms with E-state index < -0.39 is 0 Å². The molecule has 0 aliphatic heterocycles. The molecule has 6 heteroatoms. The van der Waals surface area contributed by atoms with Gasteiger partial charge in [0, 0.05) is 6.54 Å². The van der Waals surface area contributed by atoms with Gasteiger partial charge in [0.2, 0.25) is 11.8 Å². The van der Waals surface area contributed by atoms with Crippen molar-refractivity contribution >= 4 is 11.8 Å².